The number of hydrogen-bond acceptors (Lipinski definition) is 6. The molecule has 5 N–H and O–H groups in total. The van der Waals surface area contributed by atoms with Gasteiger partial charge in [-0.1, -0.05) is 42.5 Å². The topological polar surface area (TPSA) is 114 Å². The van der Waals surface area contributed by atoms with Crippen LogP contribution in [0.3, 0.4) is 0 Å². The number of aliphatic hydroxyl groups excluding tert-OH is 1. The Balaban J connectivity index is 1.50. The van der Waals surface area contributed by atoms with Crippen LogP contribution in [0.5, 0.6) is 5.75 Å². The summed E-state index contributed by atoms with van der Waals surface area (Å²) in [6.07, 6.45) is 0.889. The second-order valence-electron chi connectivity index (χ2n) is 9.59. The number of nitrogens with zero attached hydrogens (tertiary/aromatic N) is 1. The van der Waals surface area contributed by atoms with Gasteiger partial charge < -0.3 is 31.1 Å². The lowest BCUT2D eigenvalue weighted by molar-refractivity contribution is -0.117. The van der Waals surface area contributed by atoms with Gasteiger partial charge in [-0.05, 0) is 61.2 Å². The van der Waals surface area contributed by atoms with E-state index in [1.165, 1.54) is 0 Å². The number of aromatic hydroxyl groups is 1. The molecule has 1 fully saturated rings. The fraction of sp³-hybridized carbons (Fsp3) is 0.333. The molecule has 1 aliphatic heterocycles. The Labute approximate surface area is 223 Å². The number of aliphatic hydroxyl groups is 1. The third kappa shape index (κ3) is 7.34. The molecule has 2 atom stereocenters. The van der Waals surface area contributed by atoms with Crippen molar-refractivity contribution in [2.24, 2.45) is 0 Å². The van der Waals surface area contributed by atoms with Crippen LogP contribution in [0.2, 0.25) is 0 Å². The Morgan fingerprint density at radius 1 is 1.03 bits per heavy atom. The molecule has 1 aliphatic rings. The molecule has 8 nitrogen and oxygen atoms in total. The fourth-order valence-corrected chi connectivity index (χ4v) is 4.70. The van der Waals surface area contributed by atoms with E-state index in [4.69, 9.17) is 0 Å². The van der Waals surface area contributed by atoms with Gasteiger partial charge in [0.1, 0.15) is 5.75 Å². The molecule has 0 aromatic heterocycles. The number of hydrogen-bond donors (Lipinski definition) is 5. The van der Waals surface area contributed by atoms with E-state index in [2.05, 4.69) is 16.0 Å². The van der Waals surface area contributed by atoms with Gasteiger partial charge in [-0.25, -0.2) is 0 Å². The first-order valence-corrected chi connectivity index (χ1v) is 13.1. The van der Waals surface area contributed by atoms with Gasteiger partial charge in [-0.2, -0.15) is 0 Å². The molecule has 0 bridgehead atoms. The van der Waals surface area contributed by atoms with Gasteiger partial charge >= 0.3 is 0 Å². The summed E-state index contributed by atoms with van der Waals surface area (Å²) in [6.45, 7) is 4.01. The largest absolute Gasteiger partial charge is 0.508 e. The molecule has 2 amide bonds. The molecule has 8 heteroatoms. The molecule has 200 valence electrons. The molecule has 0 unspecified atom stereocenters. The van der Waals surface area contributed by atoms with Crippen LogP contribution < -0.4 is 20.9 Å². The van der Waals surface area contributed by atoms with Gasteiger partial charge in [0.15, 0.2) is 0 Å². The van der Waals surface area contributed by atoms with Gasteiger partial charge in [0.2, 0.25) is 5.91 Å². The maximum atomic E-state index is 13.5. The van der Waals surface area contributed by atoms with Gasteiger partial charge in [0.05, 0.1) is 12.1 Å². The van der Waals surface area contributed by atoms with E-state index in [1.54, 1.807) is 35.2 Å². The molecule has 38 heavy (non-hydrogen) atoms. The summed E-state index contributed by atoms with van der Waals surface area (Å²) in [7, 11) is 0. The van der Waals surface area contributed by atoms with Crippen LogP contribution in [-0.2, 0) is 17.8 Å². The normalized spacial score (nSPS) is 14.8. The molecular formula is C30H36N4O4. The van der Waals surface area contributed by atoms with Gasteiger partial charge in [-0.15, -0.1) is 0 Å². The van der Waals surface area contributed by atoms with Crippen molar-refractivity contribution in [3.8, 4) is 5.75 Å². The molecule has 0 saturated carbocycles. The van der Waals surface area contributed by atoms with Gasteiger partial charge in [0.25, 0.3) is 5.91 Å². The van der Waals surface area contributed by atoms with Crippen LogP contribution in [0.4, 0.5) is 11.4 Å². The zero-order valence-electron chi connectivity index (χ0n) is 21.7. The van der Waals surface area contributed by atoms with Gasteiger partial charge in [0, 0.05) is 49.5 Å². The lowest BCUT2D eigenvalue weighted by Gasteiger charge is -2.25. The molecule has 0 radical (unpaired) electrons. The van der Waals surface area contributed by atoms with Crippen molar-refractivity contribution in [1.82, 2.24) is 10.6 Å². The molecule has 1 heterocycles. The van der Waals surface area contributed by atoms with Crippen LogP contribution in [0.1, 0.15) is 41.3 Å². The number of carbonyl (C=O) groups excluding carboxylic acids is 2. The fourth-order valence-electron chi connectivity index (χ4n) is 4.70. The lowest BCUT2D eigenvalue weighted by atomic mass is 10.00. The monoisotopic (exact) mass is 516 g/mol. The highest BCUT2D eigenvalue weighted by atomic mass is 16.3. The van der Waals surface area contributed by atoms with Crippen LogP contribution in [-0.4, -0.2) is 53.8 Å². The van der Waals surface area contributed by atoms with Crippen LogP contribution >= 0.6 is 0 Å². The zero-order valence-corrected chi connectivity index (χ0v) is 21.7. The zero-order chi connectivity index (χ0) is 26.9. The molecule has 3 aromatic rings. The predicted octanol–water partition coefficient (Wildman–Crippen LogP) is 3.44. The number of rotatable bonds is 12. The Bertz CT molecular complexity index is 1230. The van der Waals surface area contributed by atoms with Crippen molar-refractivity contribution in [3.63, 3.8) is 0 Å². The Hall–Kier alpha value is -3.88. The lowest BCUT2D eigenvalue weighted by Crippen LogP contribution is -2.48. The SMILES string of the molecule is CCNc1cc(C(=O)N[C@@H](Cc2ccccc2)[C@H](O)CNCc2cccc(O)c2)cc(N2CCCC2=O)c1. The van der Waals surface area contributed by atoms with Crippen molar-refractivity contribution >= 4 is 23.2 Å². The van der Waals surface area contributed by atoms with Crippen LogP contribution in [0.25, 0.3) is 0 Å². The molecule has 0 spiro atoms. The van der Waals surface area contributed by atoms with Crippen LogP contribution in [0.15, 0.2) is 72.8 Å². The van der Waals surface area contributed by atoms with Gasteiger partial charge in [-0.3, -0.25) is 9.59 Å². The predicted molar refractivity (Wildman–Crippen MR) is 149 cm³/mol. The Kier molecular flexibility index (Phi) is 9.35. The third-order valence-corrected chi connectivity index (χ3v) is 6.62. The van der Waals surface area contributed by atoms with Crippen molar-refractivity contribution in [2.45, 2.75) is 44.9 Å². The number of phenols is 1. The maximum Gasteiger partial charge on any atom is 0.251 e. The number of carbonyl (C=O) groups is 2. The summed E-state index contributed by atoms with van der Waals surface area (Å²) >= 11 is 0. The second-order valence-corrected chi connectivity index (χ2v) is 9.59. The first kappa shape index (κ1) is 27.2. The van der Waals surface area contributed by atoms with E-state index >= 15 is 0 Å². The highest BCUT2D eigenvalue weighted by Gasteiger charge is 2.25. The number of benzene rings is 3. The first-order valence-electron chi connectivity index (χ1n) is 13.1. The summed E-state index contributed by atoms with van der Waals surface area (Å²) in [5.74, 6) is -0.0698. The quantitative estimate of drug-likeness (QED) is 0.252. The highest BCUT2D eigenvalue weighted by molar-refractivity contribution is 6.00. The Morgan fingerprint density at radius 2 is 1.82 bits per heavy atom. The van der Waals surface area contributed by atoms with E-state index in [1.807, 2.05) is 49.4 Å². The summed E-state index contributed by atoms with van der Waals surface area (Å²) in [4.78, 5) is 27.6. The van der Waals surface area contributed by atoms with Crippen LogP contribution in [0, 0.1) is 0 Å². The third-order valence-electron chi connectivity index (χ3n) is 6.62. The average molecular weight is 517 g/mol. The standard InChI is InChI=1S/C30H36N4O4/c1-2-32-24-16-23(17-25(18-24)34-13-7-12-29(34)37)30(38)33-27(15-21-8-4-3-5-9-21)28(36)20-31-19-22-10-6-11-26(35)14-22/h3-6,8-11,14,16-18,27-28,31-32,35-36H,2,7,12-13,15,19-20H2,1H3,(H,33,38)/t27-,28+/m0/s1. The first-order chi connectivity index (χ1) is 18.4. The van der Waals surface area contributed by atoms with Crippen molar-refractivity contribution in [1.29, 1.82) is 0 Å². The minimum Gasteiger partial charge on any atom is -0.508 e. The molecule has 1 saturated heterocycles. The minimum atomic E-state index is -0.868. The van der Waals surface area contributed by atoms with Crippen molar-refractivity contribution in [2.75, 3.05) is 29.9 Å². The van der Waals surface area contributed by atoms with Crippen molar-refractivity contribution in [3.05, 3.63) is 89.5 Å². The van der Waals surface area contributed by atoms with E-state index in [-0.39, 0.29) is 24.1 Å². The van der Waals surface area contributed by atoms with E-state index < -0.39 is 12.1 Å². The molecule has 0 aliphatic carbocycles. The summed E-state index contributed by atoms with van der Waals surface area (Å²) in [6, 6.07) is 21.5. The average Bonchev–Trinajstić information content (AvgIpc) is 3.34. The maximum absolute atomic E-state index is 13.5. The minimum absolute atomic E-state index is 0.0557. The van der Waals surface area contributed by atoms with E-state index in [9.17, 15) is 19.8 Å². The number of amides is 2. The highest BCUT2D eigenvalue weighted by Crippen LogP contribution is 2.27. The Morgan fingerprint density at radius 3 is 2.53 bits per heavy atom. The number of nitrogens with one attached hydrogen (secondary N) is 3. The smallest absolute Gasteiger partial charge is 0.251 e. The molecule has 3 aromatic carbocycles. The summed E-state index contributed by atoms with van der Waals surface area (Å²) < 4.78 is 0. The summed E-state index contributed by atoms with van der Waals surface area (Å²) in [5, 5.41) is 30.3. The number of phenolic OH excluding ortho intramolecular Hbond substituents is 1. The summed E-state index contributed by atoms with van der Waals surface area (Å²) in [5.41, 5.74) is 3.78. The van der Waals surface area contributed by atoms with Crippen molar-refractivity contribution < 1.29 is 19.8 Å². The van der Waals surface area contributed by atoms with E-state index in [0.717, 1.165) is 23.2 Å². The number of anilines is 2. The molecular weight excluding hydrogens is 480 g/mol. The van der Waals surface area contributed by atoms with E-state index in [0.29, 0.717) is 43.7 Å². The second kappa shape index (κ2) is 13.1. The molecule has 4 rings (SSSR count).